The first-order valence-electron chi connectivity index (χ1n) is 6.78. The van der Waals surface area contributed by atoms with E-state index in [4.69, 9.17) is 0 Å². The van der Waals surface area contributed by atoms with Gasteiger partial charge in [0.15, 0.2) is 0 Å². The minimum Gasteiger partial charge on any atom is -0.311 e. The molecular formula is C14H29N. The van der Waals surface area contributed by atoms with Gasteiger partial charge in [-0.15, -0.1) is 0 Å². The quantitative estimate of drug-likeness (QED) is 0.745. The molecule has 0 bridgehead atoms. The van der Waals surface area contributed by atoms with Crippen molar-refractivity contribution in [2.24, 2.45) is 17.8 Å². The fourth-order valence-corrected chi connectivity index (χ4v) is 2.97. The predicted molar refractivity (Wildman–Crippen MR) is 68.0 cm³/mol. The zero-order chi connectivity index (χ0) is 11.4. The molecule has 1 rings (SSSR count). The Balaban J connectivity index is 2.37. The third-order valence-corrected chi connectivity index (χ3v) is 4.17. The number of hydrogen-bond acceptors (Lipinski definition) is 1. The predicted octanol–water partition coefficient (Wildman–Crippen LogP) is 3.84. The van der Waals surface area contributed by atoms with Crippen LogP contribution in [-0.4, -0.2) is 12.1 Å². The van der Waals surface area contributed by atoms with E-state index >= 15 is 0 Å². The molecule has 0 amide bonds. The monoisotopic (exact) mass is 211 g/mol. The van der Waals surface area contributed by atoms with Crippen molar-refractivity contribution >= 4 is 0 Å². The van der Waals surface area contributed by atoms with E-state index in [0.717, 1.165) is 23.8 Å². The van der Waals surface area contributed by atoms with Gasteiger partial charge in [0, 0.05) is 12.1 Å². The van der Waals surface area contributed by atoms with Crippen LogP contribution in [0.3, 0.4) is 0 Å². The van der Waals surface area contributed by atoms with Crippen LogP contribution in [0.2, 0.25) is 0 Å². The Morgan fingerprint density at radius 2 is 1.60 bits per heavy atom. The zero-order valence-electron chi connectivity index (χ0n) is 11.2. The lowest BCUT2D eigenvalue weighted by atomic mass is 9.80. The van der Waals surface area contributed by atoms with Crippen LogP contribution in [0.15, 0.2) is 0 Å². The van der Waals surface area contributed by atoms with E-state index in [2.05, 4.69) is 39.9 Å². The topological polar surface area (TPSA) is 12.0 Å². The molecule has 1 heteroatoms. The molecule has 4 atom stereocenters. The third kappa shape index (κ3) is 4.14. The summed E-state index contributed by atoms with van der Waals surface area (Å²) in [5.41, 5.74) is 0. The summed E-state index contributed by atoms with van der Waals surface area (Å²) in [6, 6.07) is 1.45. The van der Waals surface area contributed by atoms with E-state index in [1.165, 1.54) is 25.7 Å². The van der Waals surface area contributed by atoms with Crippen molar-refractivity contribution in [3.8, 4) is 0 Å². The minimum atomic E-state index is 0.678. The summed E-state index contributed by atoms with van der Waals surface area (Å²) in [7, 11) is 0. The molecule has 1 fully saturated rings. The van der Waals surface area contributed by atoms with Crippen molar-refractivity contribution in [1.82, 2.24) is 5.32 Å². The van der Waals surface area contributed by atoms with Gasteiger partial charge in [-0.25, -0.2) is 0 Å². The van der Waals surface area contributed by atoms with Crippen molar-refractivity contribution in [2.75, 3.05) is 0 Å². The highest BCUT2D eigenvalue weighted by Crippen LogP contribution is 2.29. The van der Waals surface area contributed by atoms with E-state index in [1.54, 1.807) is 0 Å². The summed E-state index contributed by atoms with van der Waals surface area (Å²) in [4.78, 5) is 0. The molecular weight excluding hydrogens is 182 g/mol. The summed E-state index contributed by atoms with van der Waals surface area (Å²) in [5, 5.41) is 3.83. The van der Waals surface area contributed by atoms with E-state index < -0.39 is 0 Å². The fraction of sp³-hybridized carbons (Fsp3) is 1.00. The molecule has 0 saturated heterocycles. The smallest absolute Gasteiger partial charge is 0.00747 e. The first kappa shape index (κ1) is 13.0. The van der Waals surface area contributed by atoms with Crippen LogP contribution in [0.25, 0.3) is 0 Å². The molecule has 0 aliphatic heterocycles. The van der Waals surface area contributed by atoms with Gasteiger partial charge in [-0.2, -0.15) is 0 Å². The van der Waals surface area contributed by atoms with E-state index in [9.17, 15) is 0 Å². The molecule has 1 aliphatic rings. The molecule has 0 aromatic heterocycles. The Morgan fingerprint density at radius 1 is 1.07 bits per heavy atom. The molecule has 1 aliphatic carbocycles. The Kier molecular flexibility index (Phi) is 5.11. The fourth-order valence-electron chi connectivity index (χ4n) is 2.97. The molecule has 90 valence electrons. The van der Waals surface area contributed by atoms with Gasteiger partial charge in [-0.3, -0.25) is 0 Å². The largest absolute Gasteiger partial charge is 0.311 e. The molecule has 1 N–H and O–H groups in total. The molecule has 0 radical (unpaired) electrons. The first-order valence-corrected chi connectivity index (χ1v) is 6.78. The van der Waals surface area contributed by atoms with Gasteiger partial charge in [0.2, 0.25) is 0 Å². The SMILES string of the molecule is CCC(C)C(C)NC1CC(C)CC(C)C1. The minimum absolute atomic E-state index is 0.678. The Labute approximate surface area is 96.0 Å². The van der Waals surface area contributed by atoms with Crippen LogP contribution < -0.4 is 5.32 Å². The van der Waals surface area contributed by atoms with Crippen molar-refractivity contribution in [3.05, 3.63) is 0 Å². The van der Waals surface area contributed by atoms with Crippen LogP contribution >= 0.6 is 0 Å². The summed E-state index contributed by atoms with van der Waals surface area (Å²) in [6.45, 7) is 11.8. The normalized spacial score (nSPS) is 36.2. The lowest BCUT2D eigenvalue weighted by Crippen LogP contribution is -2.43. The summed E-state index contributed by atoms with van der Waals surface area (Å²) < 4.78 is 0. The van der Waals surface area contributed by atoms with Crippen LogP contribution in [0.1, 0.15) is 60.3 Å². The molecule has 0 aromatic carbocycles. The van der Waals surface area contributed by atoms with Crippen molar-refractivity contribution in [2.45, 2.75) is 72.4 Å². The van der Waals surface area contributed by atoms with Gasteiger partial charge >= 0.3 is 0 Å². The number of hydrogen-bond donors (Lipinski definition) is 1. The number of rotatable bonds is 4. The van der Waals surface area contributed by atoms with E-state index in [0.29, 0.717) is 6.04 Å². The molecule has 0 aromatic rings. The summed E-state index contributed by atoms with van der Waals surface area (Å²) in [5.74, 6) is 2.63. The second-order valence-corrected chi connectivity index (χ2v) is 5.96. The standard InChI is InChI=1S/C14H29N/c1-6-12(4)13(5)15-14-8-10(2)7-11(3)9-14/h10-15H,6-9H2,1-5H3. The molecule has 1 nitrogen and oxygen atoms in total. The molecule has 0 heterocycles. The van der Waals surface area contributed by atoms with Crippen molar-refractivity contribution in [3.63, 3.8) is 0 Å². The molecule has 0 spiro atoms. The van der Waals surface area contributed by atoms with Gasteiger partial charge in [-0.05, 0) is 43.9 Å². The molecule has 4 unspecified atom stereocenters. The van der Waals surface area contributed by atoms with Crippen LogP contribution in [-0.2, 0) is 0 Å². The second kappa shape index (κ2) is 5.89. The van der Waals surface area contributed by atoms with E-state index in [-0.39, 0.29) is 0 Å². The Hall–Kier alpha value is -0.0400. The highest BCUT2D eigenvalue weighted by molar-refractivity contribution is 4.82. The van der Waals surface area contributed by atoms with Crippen LogP contribution in [0, 0.1) is 17.8 Å². The average Bonchev–Trinajstić information content (AvgIpc) is 2.14. The number of nitrogens with one attached hydrogen (secondary N) is 1. The maximum atomic E-state index is 3.83. The zero-order valence-corrected chi connectivity index (χ0v) is 11.2. The van der Waals surface area contributed by atoms with Gasteiger partial charge < -0.3 is 5.32 Å². The van der Waals surface area contributed by atoms with Crippen molar-refractivity contribution < 1.29 is 0 Å². The second-order valence-electron chi connectivity index (χ2n) is 5.96. The van der Waals surface area contributed by atoms with Gasteiger partial charge in [0.25, 0.3) is 0 Å². The third-order valence-electron chi connectivity index (χ3n) is 4.17. The Morgan fingerprint density at radius 3 is 2.07 bits per heavy atom. The lowest BCUT2D eigenvalue weighted by Gasteiger charge is -2.35. The Bertz CT molecular complexity index is 168. The van der Waals surface area contributed by atoms with Gasteiger partial charge in [-0.1, -0.05) is 34.1 Å². The molecule has 1 saturated carbocycles. The highest BCUT2D eigenvalue weighted by atomic mass is 15.0. The summed E-state index contributed by atoms with van der Waals surface area (Å²) >= 11 is 0. The van der Waals surface area contributed by atoms with Crippen LogP contribution in [0.4, 0.5) is 0 Å². The first-order chi connectivity index (χ1) is 7.02. The average molecular weight is 211 g/mol. The van der Waals surface area contributed by atoms with E-state index in [1.807, 2.05) is 0 Å². The lowest BCUT2D eigenvalue weighted by molar-refractivity contribution is 0.213. The van der Waals surface area contributed by atoms with Crippen molar-refractivity contribution in [1.29, 1.82) is 0 Å². The van der Waals surface area contributed by atoms with Crippen LogP contribution in [0.5, 0.6) is 0 Å². The van der Waals surface area contributed by atoms with Gasteiger partial charge in [0.05, 0.1) is 0 Å². The van der Waals surface area contributed by atoms with Gasteiger partial charge in [0.1, 0.15) is 0 Å². The highest BCUT2D eigenvalue weighted by Gasteiger charge is 2.25. The maximum absolute atomic E-state index is 3.83. The maximum Gasteiger partial charge on any atom is 0.00747 e. The molecule has 15 heavy (non-hydrogen) atoms. The summed E-state index contributed by atoms with van der Waals surface area (Å²) in [6.07, 6.45) is 5.47.